The molecule has 20 heavy (non-hydrogen) atoms. The van der Waals surface area contributed by atoms with Crippen LogP contribution >= 0.6 is 11.3 Å². The molecule has 1 aromatic rings. The number of nitrogens with one attached hydrogen (secondary N) is 1. The molecule has 1 aliphatic carbocycles. The largest absolute Gasteiger partial charge is 0.313 e. The first-order valence-corrected chi connectivity index (χ1v) is 9.09. The zero-order chi connectivity index (χ0) is 14.2. The number of rotatable bonds is 7. The molecule has 1 aromatic heterocycles. The van der Waals surface area contributed by atoms with Crippen molar-refractivity contribution in [3.8, 4) is 0 Å². The second-order valence-corrected chi connectivity index (χ2v) is 7.29. The highest BCUT2D eigenvalue weighted by atomic mass is 32.1. The maximum Gasteiger partial charge on any atom is 0.0113 e. The molecule has 3 heteroatoms. The van der Waals surface area contributed by atoms with Crippen molar-refractivity contribution < 1.29 is 0 Å². The van der Waals surface area contributed by atoms with Crippen LogP contribution in [0.25, 0.3) is 0 Å². The van der Waals surface area contributed by atoms with Gasteiger partial charge in [0.25, 0.3) is 0 Å². The summed E-state index contributed by atoms with van der Waals surface area (Å²) in [7, 11) is 2.26. The standard InChI is InChI=1S/C17H30N2S/c1-15(14-17-10-7-13-20-17)19(2)12-11-18-16-8-5-3-4-6-9-16/h7,10,13,15-16,18H,3-6,8-9,11-12,14H2,1-2H3. The Morgan fingerprint density at radius 3 is 2.70 bits per heavy atom. The number of thiophene rings is 1. The molecule has 1 saturated carbocycles. The molecule has 0 spiro atoms. The molecule has 0 aliphatic heterocycles. The third-order valence-electron chi connectivity index (χ3n) is 4.58. The van der Waals surface area contributed by atoms with Gasteiger partial charge in [-0.05, 0) is 44.7 Å². The van der Waals surface area contributed by atoms with Crippen molar-refractivity contribution in [2.75, 3.05) is 20.1 Å². The Balaban J connectivity index is 1.62. The Labute approximate surface area is 128 Å². The summed E-state index contributed by atoms with van der Waals surface area (Å²) in [6.07, 6.45) is 9.66. The first-order valence-electron chi connectivity index (χ1n) is 8.21. The Morgan fingerprint density at radius 2 is 2.05 bits per heavy atom. The molecule has 0 bridgehead atoms. The van der Waals surface area contributed by atoms with Gasteiger partial charge in [-0.15, -0.1) is 11.3 Å². The van der Waals surface area contributed by atoms with Crippen LogP contribution in [-0.4, -0.2) is 37.1 Å². The molecule has 1 atom stereocenters. The van der Waals surface area contributed by atoms with Gasteiger partial charge in [0.05, 0.1) is 0 Å². The zero-order valence-electron chi connectivity index (χ0n) is 13.1. The topological polar surface area (TPSA) is 15.3 Å². The van der Waals surface area contributed by atoms with Crippen LogP contribution in [0.5, 0.6) is 0 Å². The zero-order valence-corrected chi connectivity index (χ0v) is 13.9. The molecule has 1 fully saturated rings. The quantitative estimate of drug-likeness (QED) is 0.767. The van der Waals surface area contributed by atoms with Crippen molar-refractivity contribution in [3.63, 3.8) is 0 Å². The van der Waals surface area contributed by atoms with Gasteiger partial charge in [0.15, 0.2) is 0 Å². The van der Waals surface area contributed by atoms with E-state index in [0.29, 0.717) is 6.04 Å². The summed E-state index contributed by atoms with van der Waals surface area (Å²) in [6, 6.07) is 5.81. The SMILES string of the molecule is CC(Cc1cccs1)N(C)CCNC1CCCCCC1. The molecule has 2 nitrogen and oxygen atoms in total. The summed E-state index contributed by atoms with van der Waals surface area (Å²) in [6.45, 7) is 4.63. The minimum Gasteiger partial charge on any atom is -0.313 e. The van der Waals surface area contributed by atoms with Gasteiger partial charge >= 0.3 is 0 Å². The van der Waals surface area contributed by atoms with E-state index >= 15 is 0 Å². The lowest BCUT2D eigenvalue weighted by Crippen LogP contribution is -2.39. The van der Waals surface area contributed by atoms with Gasteiger partial charge < -0.3 is 10.2 Å². The Bertz CT molecular complexity index is 342. The van der Waals surface area contributed by atoms with E-state index in [2.05, 4.69) is 41.7 Å². The first-order chi connectivity index (χ1) is 9.75. The maximum absolute atomic E-state index is 3.77. The molecular formula is C17H30N2S. The highest BCUT2D eigenvalue weighted by molar-refractivity contribution is 7.09. The van der Waals surface area contributed by atoms with E-state index in [1.807, 2.05) is 11.3 Å². The highest BCUT2D eigenvalue weighted by Gasteiger charge is 2.13. The predicted molar refractivity (Wildman–Crippen MR) is 89.6 cm³/mol. The van der Waals surface area contributed by atoms with Gasteiger partial charge in [0.1, 0.15) is 0 Å². The summed E-state index contributed by atoms with van der Waals surface area (Å²) in [5, 5.41) is 5.94. The summed E-state index contributed by atoms with van der Waals surface area (Å²) in [4.78, 5) is 3.99. The third kappa shape index (κ3) is 5.55. The smallest absolute Gasteiger partial charge is 0.0113 e. The summed E-state index contributed by atoms with van der Waals surface area (Å²) >= 11 is 1.88. The van der Waals surface area contributed by atoms with Gasteiger partial charge in [0, 0.05) is 30.1 Å². The van der Waals surface area contributed by atoms with Crippen molar-refractivity contribution in [1.29, 1.82) is 0 Å². The Kier molecular flexibility index (Phi) is 7.05. The lowest BCUT2D eigenvalue weighted by Gasteiger charge is -2.26. The van der Waals surface area contributed by atoms with Crippen LogP contribution in [0.15, 0.2) is 17.5 Å². The average Bonchev–Trinajstić information content (AvgIpc) is 2.81. The monoisotopic (exact) mass is 294 g/mol. The predicted octanol–water partition coefficient (Wildman–Crippen LogP) is 3.92. The fourth-order valence-electron chi connectivity index (χ4n) is 3.02. The minimum absolute atomic E-state index is 0.629. The van der Waals surface area contributed by atoms with E-state index in [1.165, 1.54) is 49.8 Å². The molecule has 2 rings (SSSR count). The normalized spacial score (nSPS) is 19.1. The van der Waals surface area contributed by atoms with Crippen LogP contribution < -0.4 is 5.32 Å². The van der Waals surface area contributed by atoms with Gasteiger partial charge in [0.2, 0.25) is 0 Å². The molecule has 0 aromatic carbocycles. The second-order valence-electron chi connectivity index (χ2n) is 6.26. The lowest BCUT2D eigenvalue weighted by molar-refractivity contribution is 0.251. The van der Waals surface area contributed by atoms with Gasteiger partial charge in [-0.1, -0.05) is 31.7 Å². The number of likely N-dealkylation sites (N-methyl/N-ethyl adjacent to an activating group) is 1. The molecule has 1 aliphatic rings. The van der Waals surface area contributed by atoms with Crippen molar-refractivity contribution in [3.05, 3.63) is 22.4 Å². The average molecular weight is 295 g/mol. The number of nitrogens with zero attached hydrogens (tertiary/aromatic N) is 1. The van der Waals surface area contributed by atoms with E-state index in [0.717, 1.165) is 19.1 Å². The molecular weight excluding hydrogens is 264 g/mol. The second kappa shape index (κ2) is 8.81. The van der Waals surface area contributed by atoms with Crippen LogP contribution in [0.4, 0.5) is 0 Å². The van der Waals surface area contributed by atoms with Crippen molar-refractivity contribution >= 4 is 11.3 Å². The van der Waals surface area contributed by atoms with Gasteiger partial charge in [-0.3, -0.25) is 0 Å². The van der Waals surface area contributed by atoms with Crippen molar-refractivity contribution in [1.82, 2.24) is 10.2 Å². The van der Waals surface area contributed by atoms with Crippen LogP contribution in [0.3, 0.4) is 0 Å². The van der Waals surface area contributed by atoms with Crippen molar-refractivity contribution in [2.24, 2.45) is 0 Å². The molecule has 1 N–H and O–H groups in total. The van der Waals surface area contributed by atoms with E-state index in [4.69, 9.17) is 0 Å². The van der Waals surface area contributed by atoms with Crippen LogP contribution in [0.1, 0.15) is 50.3 Å². The molecule has 0 saturated heterocycles. The van der Waals surface area contributed by atoms with Crippen LogP contribution in [0, 0.1) is 0 Å². The molecule has 0 radical (unpaired) electrons. The van der Waals surface area contributed by atoms with Crippen LogP contribution in [-0.2, 0) is 6.42 Å². The minimum atomic E-state index is 0.629. The van der Waals surface area contributed by atoms with E-state index < -0.39 is 0 Å². The fourth-order valence-corrected chi connectivity index (χ4v) is 3.85. The Hall–Kier alpha value is -0.380. The Morgan fingerprint density at radius 1 is 1.30 bits per heavy atom. The maximum atomic E-state index is 3.77. The van der Waals surface area contributed by atoms with Crippen LogP contribution in [0.2, 0.25) is 0 Å². The first kappa shape index (κ1) is 16.0. The van der Waals surface area contributed by atoms with E-state index in [-0.39, 0.29) is 0 Å². The lowest BCUT2D eigenvalue weighted by atomic mass is 10.1. The van der Waals surface area contributed by atoms with Crippen molar-refractivity contribution in [2.45, 2.75) is 64.0 Å². The van der Waals surface area contributed by atoms with E-state index in [9.17, 15) is 0 Å². The van der Waals surface area contributed by atoms with E-state index in [1.54, 1.807) is 0 Å². The van der Waals surface area contributed by atoms with Gasteiger partial charge in [-0.2, -0.15) is 0 Å². The number of hydrogen-bond donors (Lipinski definition) is 1. The molecule has 1 unspecified atom stereocenters. The molecule has 114 valence electrons. The number of hydrogen-bond acceptors (Lipinski definition) is 3. The fraction of sp³-hybridized carbons (Fsp3) is 0.765. The van der Waals surface area contributed by atoms with Gasteiger partial charge in [-0.25, -0.2) is 0 Å². The molecule has 1 heterocycles. The summed E-state index contributed by atoms with van der Waals surface area (Å²) in [5.41, 5.74) is 0. The summed E-state index contributed by atoms with van der Waals surface area (Å²) < 4.78 is 0. The molecule has 0 amide bonds. The summed E-state index contributed by atoms with van der Waals surface area (Å²) in [5.74, 6) is 0. The third-order valence-corrected chi connectivity index (χ3v) is 5.48. The highest BCUT2D eigenvalue weighted by Crippen LogP contribution is 2.17.